The Hall–Kier alpha value is -3.34. The van der Waals surface area contributed by atoms with Crippen molar-refractivity contribution in [1.82, 2.24) is 4.98 Å². The Balaban J connectivity index is 1.56. The number of rotatable bonds is 11. The minimum absolute atomic E-state index is 0.00618. The van der Waals surface area contributed by atoms with Gasteiger partial charge < -0.3 is 14.2 Å². The van der Waals surface area contributed by atoms with E-state index in [1.54, 1.807) is 6.20 Å². The minimum atomic E-state index is -0.195. The monoisotopic (exact) mass is 447 g/mol. The maximum Gasteiger partial charge on any atom is 0.305 e. The summed E-state index contributed by atoms with van der Waals surface area (Å²) in [5, 5.41) is 0. The van der Waals surface area contributed by atoms with Crippen molar-refractivity contribution in [3.05, 3.63) is 77.6 Å². The number of benzene rings is 2. The van der Waals surface area contributed by atoms with E-state index in [4.69, 9.17) is 14.2 Å². The summed E-state index contributed by atoms with van der Waals surface area (Å²) in [4.78, 5) is 15.6. The number of carbonyl (C=O) groups is 1. The third kappa shape index (κ3) is 7.07. The van der Waals surface area contributed by atoms with Gasteiger partial charge in [0.25, 0.3) is 0 Å². The van der Waals surface area contributed by atoms with Crippen LogP contribution in [0.25, 0.3) is 11.1 Å². The highest BCUT2D eigenvalue weighted by molar-refractivity contribution is 5.70. The highest BCUT2D eigenvalue weighted by Gasteiger charge is 2.12. The Morgan fingerprint density at radius 1 is 1.12 bits per heavy atom. The molecule has 0 saturated heterocycles. The molecule has 0 N–H and O–H groups in total. The number of hydrogen-bond acceptors (Lipinski definition) is 5. The summed E-state index contributed by atoms with van der Waals surface area (Å²) in [5.74, 6) is 1.49. The zero-order valence-corrected chi connectivity index (χ0v) is 20.0. The molecule has 0 fully saturated rings. The van der Waals surface area contributed by atoms with Gasteiger partial charge in [0, 0.05) is 36.4 Å². The maximum absolute atomic E-state index is 11.4. The molecular formula is C28H33NO4. The first-order valence-electron chi connectivity index (χ1n) is 11.5. The first-order chi connectivity index (χ1) is 16.0. The number of esters is 1. The quantitative estimate of drug-likeness (QED) is 0.339. The van der Waals surface area contributed by atoms with Gasteiger partial charge in [0.15, 0.2) is 0 Å². The largest absolute Gasteiger partial charge is 0.493 e. The Bertz CT molecular complexity index is 1050. The molecule has 0 aliphatic heterocycles. The lowest BCUT2D eigenvalue weighted by molar-refractivity contribution is -0.140. The van der Waals surface area contributed by atoms with E-state index in [0.717, 1.165) is 46.6 Å². The molecule has 0 amide bonds. The van der Waals surface area contributed by atoms with Crippen LogP contribution < -0.4 is 9.47 Å². The van der Waals surface area contributed by atoms with Gasteiger partial charge in [-0.15, -0.1) is 0 Å². The van der Waals surface area contributed by atoms with E-state index in [-0.39, 0.29) is 12.1 Å². The number of pyridine rings is 1. The molecule has 0 saturated carbocycles. The van der Waals surface area contributed by atoms with Crippen molar-refractivity contribution >= 4 is 5.97 Å². The molecule has 174 valence electrons. The molecule has 0 bridgehead atoms. The second kappa shape index (κ2) is 12.0. The molecular weight excluding hydrogens is 414 g/mol. The van der Waals surface area contributed by atoms with Gasteiger partial charge in [-0.1, -0.05) is 25.1 Å². The molecule has 0 aliphatic rings. The normalized spacial score (nSPS) is 11.6. The van der Waals surface area contributed by atoms with E-state index < -0.39 is 0 Å². The maximum atomic E-state index is 11.4. The van der Waals surface area contributed by atoms with Gasteiger partial charge in [0.1, 0.15) is 11.5 Å². The van der Waals surface area contributed by atoms with Crippen LogP contribution in [-0.2, 0) is 22.4 Å². The molecule has 1 unspecified atom stereocenters. The van der Waals surface area contributed by atoms with Gasteiger partial charge in [-0.05, 0) is 73.7 Å². The molecule has 1 atom stereocenters. The van der Waals surface area contributed by atoms with Crippen molar-refractivity contribution in [2.24, 2.45) is 0 Å². The Morgan fingerprint density at radius 2 is 1.97 bits per heavy atom. The summed E-state index contributed by atoms with van der Waals surface area (Å²) < 4.78 is 17.0. The van der Waals surface area contributed by atoms with Crippen molar-refractivity contribution in [2.75, 3.05) is 13.7 Å². The van der Waals surface area contributed by atoms with E-state index in [1.807, 2.05) is 37.4 Å². The predicted octanol–water partition coefficient (Wildman–Crippen LogP) is 5.96. The third-order valence-electron chi connectivity index (χ3n) is 5.69. The van der Waals surface area contributed by atoms with Gasteiger partial charge in [-0.3, -0.25) is 9.78 Å². The molecule has 1 aromatic heterocycles. The fraction of sp³-hybridized carbons (Fsp3) is 0.357. The van der Waals surface area contributed by atoms with E-state index in [0.29, 0.717) is 19.4 Å². The van der Waals surface area contributed by atoms with Crippen LogP contribution in [0.2, 0.25) is 0 Å². The zero-order valence-electron chi connectivity index (χ0n) is 20.0. The summed E-state index contributed by atoms with van der Waals surface area (Å²) >= 11 is 0. The van der Waals surface area contributed by atoms with Crippen LogP contribution in [0, 0.1) is 6.92 Å². The summed E-state index contributed by atoms with van der Waals surface area (Å²) in [6.07, 6.45) is 6.41. The standard InChI is InChI=1S/C28H33NO4/c1-5-22-8-12-27(26(18-22)24-7-6-15-29-19-24)33-21(3)14-16-32-25-11-9-23(20(2)17-25)10-13-28(30)31-4/h6-9,11-12,15,17-19,21H,5,10,13-14,16H2,1-4H3. The predicted molar refractivity (Wildman–Crippen MR) is 131 cm³/mol. The third-order valence-corrected chi connectivity index (χ3v) is 5.69. The van der Waals surface area contributed by atoms with Gasteiger partial charge in [0.2, 0.25) is 0 Å². The lowest BCUT2D eigenvalue weighted by atomic mass is 10.0. The Labute approximate surface area is 196 Å². The first-order valence-corrected chi connectivity index (χ1v) is 11.5. The lowest BCUT2D eigenvalue weighted by Gasteiger charge is -2.19. The minimum Gasteiger partial charge on any atom is -0.493 e. The molecule has 33 heavy (non-hydrogen) atoms. The molecule has 5 heteroatoms. The number of ether oxygens (including phenoxy) is 3. The SMILES string of the molecule is CCc1ccc(OC(C)CCOc2ccc(CCC(=O)OC)c(C)c2)c(-c2cccnc2)c1. The second-order valence-electron chi connectivity index (χ2n) is 8.16. The lowest BCUT2D eigenvalue weighted by Crippen LogP contribution is -2.16. The number of nitrogens with zero attached hydrogens (tertiary/aromatic N) is 1. The summed E-state index contributed by atoms with van der Waals surface area (Å²) in [5.41, 5.74) is 5.62. The van der Waals surface area contributed by atoms with Crippen LogP contribution in [0.4, 0.5) is 0 Å². The number of aromatic nitrogens is 1. The van der Waals surface area contributed by atoms with Gasteiger partial charge >= 0.3 is 5.97 Å². The smallest absolute Gasteiger partial charge is 0.305 e. The second-order valence-corrected chi connectivity index (χ2v) is 8.16. The average Bonchev–Trinajstić information content (AvgIpc) is 2.84. The summed E-state index contributed by atoms with van der Waals surface area (Å²) in [7, 11) is 1.41. The van der Waals surface area contributed by atoms with Crippen LogP contribution in [0.1, 0.15) is 43.4 Å². The fourth-order valence-electron chi connectivity index (χ4n) is 3.64. The number of aryl methyl sites for hydroxylation is 3. The zero-order chi connectivity index (χ0) is 23.6. The fourth-order valence-corrected chi connectivity index (χ4v) is 3.64. The molecule has 3 aromatic rings. The molecule has 0 radical (unpaired) electrons. The van der Waals surface area contributed by atoms with Crippen molar-refractivity contribution in [3.8, 4) is 22.6 Å². The van der Waals surface area contributed by atoms with Crippen molar-refractivity contribution < 1.29 is 19.0 Å². The first kappa shape index (κ1) is 24.3. The van der Waals surface area contributed by atoms with Gasteiger partial charge in [0.05, 0.1) is 19.8 Å². The van der Waals surface area contributed by atoms with Crippen LogP contribution in [0.3, 0.4) is 0 Å². The van der Waals surface area contributed by atoms with Crippen LogP contribution in [0.15, 0.2) is 60.9 Å². The topological polar surface area (TPSA) is 57.7 Å². The molecule has 3 rings (SSSR count). The van der Waals surface area contributed by atoms with Gasteiger partial charge in [-0.2, -0.15) is 0 Å². The summed E-state index contributed by atoms with van der Waals surface area (Å²) in [6.45, 7) is 6.80. The highest BCUT2D eigenvalue weighted by Crippen LogP contribution is 2.32. The number of hydrogen-bond donors (Lipinski definition) is 0. The van der Waals surface area contributed by atoms with Gasteiger partial charge in [-0.25, -0.2) is 0 Å². The molecule has 5 nitrogen and oxygen atoms in total. The van der Waals surface area contributed by atoms with E-state index >= 15 is 0 Å². The Kier molecular flexibility index (Phi) is 8.87. The summed E-state index contributed by atoms with van der Waals surface area (Å²) in [6, 6.07) is 16.3. The van der Waals surface area contributed by atoms with E-state index in [2.05, 4.69) is 43.1 Å². The highest BCUT2D eigenvalue weighted by atomic mass is 16.5. The van der Waals surface area contributed by atoms with Crippen molar-refractivity contribution in [3.63, 3.8) is 0 Å². The average molecular weight is 448 g/mol. The van der Waals surface area contributed by atoms with Crippen LogP contribution >= 0.6 is 0 Å². The number of methoxy groups -OCH3 is 1. The molecule has 0 spiro atoms. The molecule has 2 aromatic carbocycles. The van der Waals surface area contributed by atoms with E-state index in [1.165, 1.54) is 12.7 Å². The number of carbonyl (C=O) groups excluding carboxylic acids is 1. The van der Waals surface area contributed by atoms with Crippen LogP contribution in [0.5, 0.6) is 11.5 Å². The van der Waals surface area contributed by atoms with E-state index in [9.17, 15) is 4.79 Å². The van der Waals surface area contributed by atoms with Crippen LogP contribution in [-0.4, -0.2) is 30.8 Å². The Morgan fingerprint density at radius 3 is 2.67 bits per heavy atom. The van der Waals surface area contributed by atoms with Crippen molar-refractivity contribution in [2.45, 2.75) is 52.6 Å². The molecule has 0 aliphatic carbocycles. The van der Waals surface area contributed by atoms with Crippen molar-refractivity contribution in [1.29, 1.82) is 0 Å². The molecule has 1 heterocycles.